The second-order valence-corrected chi connectivity index (χ2v) is 11.6. The molecular weight excluding hydrogens is 454 g/mol. The zero-order valence-corrected chi connectivity index (χ0v) is 22.4. The van der Waals surface area contributed by atoms with Crippen molar-refractivity contribution in [3.05, 3.63) is 18.0 Å². The number of aryl methyl sites for hydroxylation is 1. The summed E-state index contributed by atoms with van der Waals surface area (Å²) >= 11 is 0. The quantitative estimate of drug-likeness (QED) is 0.554. The lowest BCUT2D eigenvalue weighted by Gasteiger charge is -2.46. The van der Waals surface area contributed by atoms with Gasteiger partial charge in [0, 0.05) is 64.9 Å². The molecule has 0 N–H and O–H groups in total. The molecule has 200 valence electrons. The molecule has 4 heterocycles. The normalized spacial score (nSPS) is 26.1. The molecule has 0 aromatic carbocycles. The molecule has 3 saturated heterocycles. The Morgan fingerprint density at radius 3 is 2.44 bits per heavy atom. The molecular formula is C28H45N5O3. The van der Waals surface area contributed by atoms with E-state index in [0.717, 1.165) is 77.7 Å². The topological polar surface area (TPSA) is 70.9 Å². The lowest BCUT2D eigenvalue weighted by Crippen LogP contribution is -2.56. The van der Waals surface area contributed by atoms with E-state index < -0.39 is 0 Å². The number of nitrogens with zero attached hydrogens (tertiary/aromatic N) is 5. The number of unbranched alkanes of at least 4 members (excludes halogenated alkanes) is 1. The molecule has 1 atom stereocenters. The van der Waals surface area contributed by atoms with E-state index in [0.29, 0.717) is 17.7 Å². The number of carbonyl (C=O) groups is 2. The van der Waals surface area contributed by atoms with E-state index in [1.165, 1.54) is 32.1 Å². The molecule has 5 rings (SSSR count). The van der Waals surface area contributed by atoms with Crippen LogP contribution in [0.3, 0.4) is 0 Å². The number of piperidine rings is 2. The van der Waals surface area contributed by atoms with Crippen LogP contribution < -0.4 is 0 Å². The van der Waals surface area contributed by atoms with Crippen molar-refractivity contribution in [3.8, 4) is 0 Å². The minimum absolute atomic E-state index is 0.0582. The maximum atomic E-state index is 13.1. The molecule has 1 saturated carbocycles. The van der Waals surface area contributed by atoms with E-state index in [2.05, 4.69) is 21.8 Å². The largest absolute Gasteiger partial charge is 0.440 e. The number of rotatable bonds is 7. The van der Waals surface area contributed by atoms with Crippen LogP contribution in [0.2, 0.25) is 0 Å². The number of aromatic nitrogens is 2. The Bertz CT molecular complexity index is 895. The van der Waals surface area contributed by atoms with Crippen LogP contribution in [0.5, 0.6) is 0 Å². The molecule has 1 spiro atoms. The van der Waals surface area contributed by atoms with Gasteiger partial charge >= 0.3 is 6.09 Å². The van der Waals surface area contributed by atoms with Crippen LogP contribution >= 0.6 is 0 Å². The van der Waals surface area contributed by atoms with Gasteiger partial charge < -0.3 is 14.5 Å². The predicted molar refractivity (Wildman–Crippen MR) is 139 cm³/mol. The van der Waals surface area contributed by atoms with Crippen molar-refractivity contribution >= 4 is 12.0 Å². The molecule has 8 heteroatoms. The Balaban J connectivity index is 1.17. The lowest BCUT2D eigenvalue weighted by atomic mass is 9.80. The van der Waals surface area contributed by atoms with Gasteiger partial charge in [-0.15, -0.1) is 0 Å². The first kappa shape index (κ1) is 25.6. The second-order valence-electron chi connectivity index (χ2n) is 11.6. The van der Waals surface area contributed by atoms with Crippen LogP contribution in [0.15, 0.2) is 12.3 Å². The summed E-state index contributed by atoms with van der Waals surface area (Å²) in [5.41, 5.74) is 0.348. The van der Waals surface area contributed by atoms with Gasteiger partial charge in [0.25, 0.3) is 5.91 Å². The summed E-state index contributed by atoms with van der Waals surface area (Å²) in [6.07, 6.45) is 15.3. The average Bonchev–Trinajstić information content (AvgIpc) is 3.44. The molecule has 36 heavy (non-hydrogen) atoms. The molecule has 0 bridgehead atoms. The molecule has 1 aromatic rings. The maximum Gasteiger partial charge on any atom is 0.410 e. The van der Waals surface area contributed by atoms with Gasteiger partial charge in [-0.3, -0.25) is 14.4 Å². The molecule has 8 nitrogen and oxygen atoms in total. The zero-order chi connectivity index (χ0) is 25.1. The van der Waals surface area contributed by atoms with Crippen LogP contribution in [-0.4, -0.2) is 86.9 Å². The van der Waals surface area contributed by atoms with Crippen LogP contribution in [0.4, 0.5) is 4.79 Å². The standard InChI is InChI=1S/C28H45N5O3/c1-3-4-10-25-28(36-27(35)33(25)21-22-8-6-5-7-9-22)14-19-31(20-15-28)23-12-17-32(18-13-23)26(34)24-11-16-29-30(24)2/h11,16,22-23,25H,3-10,12-15,17-21H2,1-2H3. The number of carbonyl (C=O) groups excluding carboxylic acids is 2. The van der Waals surface area contributed by atoms with Crippen molar-refractivity contribution in [2.75, 3.05) is 32.7 Å². The zero-order valence-electron chi connectivity index (χ0n) is 22.4. The van der Waals surface area contributed by atoms with Gasteiger partial charge in [-0.1, -0.05) is 39.0 Å². The third-order valence-corrected chi connectivity index (χ3v) is 9.47. The van der Waals surface area contributed by atoms with E-state index >= 15 is 0 Å². The van der Waals surface area contributed by atoms with Gasteiger partial charge in [0.05, 0.1) is 6.04 Å². The fraction of sp³-hybridized carbons (Fsp3) is 0.821. The number of hydrogen-bond acceptors (Lipinski definition) is 5. The SMILES string of the molecule is CCCCC1N(CC2CCCCC2)C(=O)OC12CCN(C1CCN(C(=O)c3ccnn3C)CC1)CC2. The number of hydrogen-bond donors (Lipinski definition) is 0. The van der Waals surface area contributed by atoms with E-state index in [1.54, 1.807) is 16.9 Å². The summed E-state index contributed by atoms with van der Waals surface area (Å²) in [7, 11) is 1.82. The molecule has 4 aliphatic rings. The summed E-state index contributed by atoms with van der Waals surface area (Å²) in [5, 5.41) is 4.15. The molecule has 2 amide bonds. The van der Waals surface area contributed by atoms with Crippen molar-refractivity contribution < 1.29 is 14.3 Å². The predicted octanol–water partition coefficient (Wildman–Crippen LogP) is 4.45. The van der Waals surface area contributed by atoms with Crippen molar-refractivity contribution in [1.29, 1.82) is 0 Å². The van der Waals surface area contributed by atoms with Gasteiger partial charge in [-0.05, 0) is 44.1 Å². The summed E-state index contributed by atoms with van der Waals surface area (Å²) in [5.74, 6) is 0.727. The van der Waals surface area contributed by atoms with Gasteiger partial charge in [0.2, 0.25) is 0 Å². The Hall–Kier alpha value is -2.09. The highest BCUT2D eigenvalue weighted by atomic mass is 16.6. The van der Waals surface area contributed by atoms with Crippen LogP contribution in [-0.2, 0) is 11.8 Å². The monoisotopic (exact) mass is 499 g/mol. The number of amides is 2. The van der Waals surface area contributed by atoms with E-state index in [-0.39, 0.29) is 23.6 Å². The van der Waals surface area contributed by atoms with Crippen LogP contribution in [0.1, 0.15) is 94.5 Å². The fourth-order valence-corrected chi connectivity index (χ4v) is 7.26. The minimum Gasteiger partial charge on any atom is -0.440 e. The first-order valence-corrected chi connectivity index (χ1v) is 14.5. The molecule has 3 aliphatic heterocycles. The van der Waals surface area contributed by atoms with Crippen molar-refractivity contribution in [2.45, 2.75) is 102 Å². The molecule has 0 radical (unpaired) electrons. The highest BCUT2D eigenvalue weighted by Crippen LogP contribution is 2.42. The highest BCUT2D eigenvalue weighted by Gasteiger charge is 2.55. The Labute approximate surface area is 216 Å². The van der Waals surface area contributed by atoms with E-state index in [1.807, 2.05) is 11.9 Å². The third-order valence-electron chi connectivity index (χ3n) is 9.47. The fourth-order valence-electron chi connectivity index (χ4n) is 7.26. The van der Waals surface area contributed by atoms with Crippen molar-refractivity contribution in [1.82, 2.24) is 24.5 Å². The smallest absolute Gasteiger partial charge is 0.410 e. The first-order chi connectivity index (χ1) is 17.5. The maximum absolute atomic E-state index is 13.1. The van der Waals surface area contributed by atoms with Gasteiger partial charge in [-0.25, -0.2) is 4.79 Å². The third kappa shape index (κ3) is 5.15. The Morgan fingerprint density at radius 2 is 1.81 bits per heavy atom. The van der Waals surface area contributed by atoms with E-state index in [9.17, 15) is 9.59 Å². The molecule has 1 unspecified atom stereocenters. The average molecular weight is 500 g/mol. The van der Waals surface area contributed by atoms with E-state index in [4.69, 9.17) is 4.74 Å². The number of likely N-dealkylation sites (tertiary alicyclic amines) is 2. The van der Waals surface area contributed by atoms with Gasteiger partial charge in [0.1, 0.15) is 11.3 Å². The molecule has 1 aromatic heterocycles. The van der Waals surface area contributed by atoms with Crippen LogP contribution in [0.25, 0.3) is 0 Å². The molecule has 1 aliphatic carbocycles. The van der Waals surface area contributed by atoms with Crippen LogP contribution in [0, 0.1) is 5.92 Å². The lowest BCUT2D eigenvalue weighted by molar-refractivity contribution is -0.0386. The summed E-state index contributed by atoms with van der Waals surface area (Å²) < 4.78 is 7.95. The second kappa shape index (κ2) is 11.1. The van der Waals surface area contributed by atoms with Gasteiger partial charge in [0.15, 0.2) is 0 Å². The summed E-state index contributed by atoms with van der Waals surface area (Å²) in [6, 6.07) is 2.53. The summed E-state index contributed by atoms with van der Waals surface area (Å²) in [6.45, 7) is 6.67. The highest BCUT2D eigenvalue weighted by molar-refractivity contribution is 5.92. The van der Waals surface area contributed by atoms with Gasteiger partial charge in [-0.2, -0.15) is 5.10 Å². The Morgan fingerprint density at radius 1 is 1.08 bits per heavy atom. The van der Waals surface area contributed by atoms with Crippen molar-refractivity contribution in [3.63, 3.8) is 0 Å². The molecule has 4 fully saturated rings. The summed E-state index contributed by atoms with van der Waals surface area (Å²) in [4.78, 5) is 32.7. The minimum atomic E-state index is -0.312. The number of ether oxygens (including phenoxy) is 1. The van der Waals surface area contributed by atoms with Crippen molar-refractivity contribution in [2.24, 2.45) is 13.0 Å². The Kier molecular flexibility index (Phi) is 7.89. The first-order valence-electron chi connectivity index (χ1n) is 14.5.